The van der Waals surface area contributed by atoms with Crippen LogP contribution in [0.2, 0.25) is 0 Å². The van der Waals surface area contributed by atoms with Crippen molar-refractivity contribution in [3.63, 3.8) is 0 Å². The van der Waals surface area contributed by atoms with Crippen LogP contribution in [0.5, 0.6) is 0 Å². The van der Waals surface area contributed by atoms with E-state index >= 15 is 0 Å². The topological polar surface area (TPSA) is 41.1 Å². The number of carbonyl (C=O) groups is 1. The number of rotatable bonds is 4. The minimum absolute atomic E-state index is 0.0978. The van der Waals surface area contributed by atoms with Gasteiger partial charge in [0.05, 0.1) is 0 Å². The number of hydrogen-bond acceptors (Lipinski definition) is 2. The smallest absolute Gasteiger partial charge is 0.255 e. The SMILES string of the molecule is CNc1cccc(C(=O)Nc2ccc(C(C)C)cc2)c1. The van der Waals surface area contributed by atoms with Gasteiger partial charge in [-0.05, 0) is 41.8 Å². The minimum Gasteiger partial charge on any atom is -0.388 e. The highest BCUT2D eigenvalue weighted by Gasteiger charge is 2.07. The molecule has 0 heterocycles. The zero-order chi connectivity index (χ0) is 14.5. The maximum Gasteiger partial charge on any atom is 0.255 e. The number of amides is 1. The molecule has 0 aliphatic carbocycles. The third kappa shape index (κ3) is 3.38. The second-order valence-electron chi connectivity index (χ2n) is 5.06. The monoisotopic (exact) mass is 268 g/mol. The number of carbonyl (C=O) groups excluding carboxylic acids is 1. The molecule has 2 aromatic rings. The highest BCUT2D eigenvalue weighted by molar-refractivity contribution is 6.04. The van der Waals surface area contributed by atoms with Crippen LogP contribution in [-0.2, 0) is 0 Å². The zero-order valence-electron chi connectivity index (χ0n) is 12.1. The number of anilines is 2. The maximum absolute atomic E-state index is 12.2. The number of benzene rings is 2. The fraction of sp³-hybridized carbons (Fsp3) is 0.235. The van der Waals surface area contributed by atoms with Crippen LogP contribution >= 0.6 is 0 Å². The number of hydrogen-bond donors (Lipinski definition) is 2. The van der Waals surface area contributed by atoms with E-state index in [1.165, 1.54) is 5.56 Å². The highest BCUT2D eigenvalue weighted by atomic mass is 16.1. The van der Waals surface area contributed by atoms with Gasteiger partial charge in [-0.25, -0.2) is 0 Å². The Morgan fingerprint density at radius 3 is 2.30 bits per heavy atom. The lowest BCUT2D eigenvalue weighted by Crippen LogP contribution is -2.12. The van der Waals surface area contributed by atoms with E-state index < -0.39 is 0 Å². The van der Waals surface area contributed by atoms with Gasteiger partial charge in [0.1, 0.15) is 0 Å². The summed E-state index contributed by atoms with van der Waals surface area (Å²) in [5.41, 5.74) is 3.65. The Bertz CT molecular complexity index is 588. The molecule has 2 rings (SSSR count). The van der Waals surface area contributed by atoms with Crippen LogP contribution in [0.1, 0.15) is 35.7 Å². The summed E-state index contributed by atoms with van der Waals surface area (Å²) in [4.78, 5) is 12.2. The molecular formula is C17H20N2O. The molecule has 0 aliphatic rings. The summed E-state index contributed by atoms with van der Waals surface area (Å²) in [6, 6.07) is 15.4. The van der Waals surface area contributed by atoms with Gasteiger partial charge in [0.15, 0.2) is 0 Å². The Morgan fingerprint density at radius 2 is 1.70 bits per heavy atom. The van der Waals surface area contributed by atoms with Crippen LogP contribution in [0, 0.1) is 0 Å². The molecule has 104 valence electrons. The second-order valence-corrected chi connectivity index (χ2v) is 5.06. The molecule has 0 saturated carbocycles. The summed E-state index contributed by atoms with van der Waals surface area (Å²) >= 11 is 0. The van der Waals surface area contributed by atoms with Gasteiger partial charge in [-0.1, -0.05) is 32.0 Å². The third-order valence-corrected chi connectivity index (χ3v) is 3.25. The molecule has 0 spiro atoms. The van der Waals surface area contributed by atoms with Crippen LogP contribution in [0.3, 0.4) is 0 Å². The van der Waals surface area contributed by atoms with E-state index in [1.54, 1.807) is 6.07 Å². The quantitative estimate of drug-likeness (QED) is 0.876. The second kappa shape index (κ2) is 6.24. The fourth-order valence-corrected chi connectivity index (χ4v) is 1.97. The normalized spacial score (nSPS) is 10.4. The van der Waals surface area contributed by atoms with Crippen molar-refractivity contribution in [3.8, 4) is 0 Å². The lowest BCUT2D eigenvalue weighted by Gasteiger charge is -2.09. The van der Waals surface area contributed by atoms with Crippen LogP contribution in [0.25, 0.3) is 0 Å². The van der Waals surface area contributed by atoms with E-state index in [9.17, 15) is 4.79 Å². The van der Waals surface area contributed by atoms with Crippen molar-refractivity contribution in [2.24, 2.45) is 0 Å². The summed E-state index contributed by atoms with van der Waals surface area (Å²) in [6.45, 7) is 4.30. The van der Waals surface area contributed by atoms with E-state index in [0.29, 0.717) is 11.5 Å². The Morgan fingerprint density at radius 1 is 1.00 bits per heavy atom. The average molecular weight is 268 g/mol. The van der Waals surface area contributed by atoms with E-state index in [4.69, 9.17) is 0 Å². The Kier molecular flexibility index (Phi) is 4.41. The first-order chi connectivity index (χ1) is 9.60. The first-order valence-corrected chi connectivity index (χ1v) is 6.79. The van der Waals surface area contributed by atoms with Gasteiger partial charge in [0, 0.05) is 24.0 Å². The third-order valence-electron chi connectivity index (χ3n) is 3.25. The highest BCUT2D eigenvalue weighted by Crippen LogP contribution is 2.18. The van der Waals surface area contributed by atoms with Crippen molar-refractivity contribution >= 4 is 17.3 Å². The lowest BCUT2D eigenvalue weighted by atomic mass is 10.0. The van der Waals surface area contributed by atoms with Crippen molar-refractivity contribution < 1.29 is 4.79 Å². The molecule has 1 amide bonds. The molecular weight excluding hydrogens is 248 g/mol. The predicted molar refractivity (Wildman–Crippen MR) is 84.5 cm³/mol. The molecule has 0 saturated heterocycles. The van der Waals surface area contributed by atoms with Crippen molar-refractivity contribution in [2.75, 3.05) is 17.7 Å². The molecule has 2 N–H and O–H groups in total. The standard InChI is InChI=1S/C17H20N2O/c1-12(2)13-7-9-15(10-8-13)19-17(20)14-5-4-6-16(11-14)18-3/h4-12,18H,1-3H3,(H,19,20). The Hall–Kier alpha value is -2.29. The molecule has 0 aliphatic heterocycles. The van der Waals surface area contributed by atoms with Crippen molar-refractivity contribution in [1.82, 2.24) is 0 Å². The molecule has 2 aromatic carbocycles. The molecule has 0 bridgehead atoms. The largest absolute Gasteiger partial charge is 0.388 e. The van der Waals surface area contributed by atoms with E-state index in [-0.39, 0.29) is 5.91 Å². The minimum atomic E-state index is -0.0978. The van der Waals surface area contributed by atoms with Crippen LogP contribution in [0.15, 0.2) is 48.5 Å². The number of nitrogens with one attached hydrogen (secondary N) is 2. The van der Waals surface area contributed by atoms with Crippen LogP contribution in [-0.4, -0.2) is 13.0 Å². The zero-order valence-corrected chi connectivity index (χ0v) is 12.1. The molecule has 20 heavy (non-hydrogen) atoms. The van der Waals surface area contributed by atoms with Crippen molar-refractivity contribution in [1.29, 1.82) is 0 Å². The average Bonchev–Trinajstić information content (AvgIpc) is 2.47. The molecule has 3 heteroatoms. The summed E-state index contributed by atoms with van der Waals surface area (Å²) in [7, 11) is 1.83. The van der Waals surface area contributed by atoms with Crippen molar-refractivity contribution in [2.45, 2.75) is 19.8 Å². The van der Waals surface area contributed by atoms with Crippen LogP contribution in [0.4, 0.5) is 11.4 Å². The van der Waals surface area contributed by atoms with Crippen LogP contribution < -0.4 is 10.6 Å². The van der Waals surface area contributed by atoms with Crippen molar-refractivity contribution in [3.05, 3.63) is 59.7 Å². The first-order valence-electron chi connectivity index (χ1n) is 6.79. The first kappa shape index (κ1) is 14.1. The van der Waals surface area contributed by atoms with Gasteiger partial charge in [0.25, 0.3) is 5.91 Å². The van der Waals surface area contributed by atoms with E-state index in [0.717, 1.165) is 11.4 Å². The molecule has 0 unspecified atom stereocenters. The molecule has 0 fully saturated rings. The van der Waals surface area contributed by atoms with Gasteiger partial charge in [0.2, 0.25) is 0 Å². The summed E-state index contributed by atoms with van der Waals surface area (Å²) in [6.07, 6.45) is 0. The van der Waals surface area contributed by atoms with Gasteiger partial charge >= 0.3 is 0 Å². The lowest BCUT2D eigenvalue weighted by molar-refractivity contribution is 0.102. The molecule has 0 atom stereocenters. The fourth-order valence-electron chi connectivity index (χ4n) is 1.97. The van der Waals surface area contributed by atoms with Gasteiger partial charge in [-0.3, -0.25) is 4.79 Å². The Labute approximate surface area is 120 Å². The van der Waals surface area contributed by atoms with E-state index in [2.05, 4.69) is 24.5 Å². The van der Waals surface area contributed by atoms with Gasteiger partial charge < -0.3 is 10.6 Å². The van der Waals surface area contributed by atoms with Gasteiger partial charge in [-0.15, -0.1) is 0 Å². The molecule has 0 radical (unpaired) electrons. The summed E-state index contributed by atoms with van der Waals surface area (Å²) in [5.74, 6) is 0.395. The Balaban J connectivity index is 2.10. The van der Waals surface area contributed by atoms with E-state index in [1.807, 2.05) is 49.5 Å². The summed E-state index contributed by atoms with van der Waals surface area (Å²) in [5, 5.41) is 5.93. The predicted octanol–water partition coefficient (Wildman–Crippen LogP) is 4.10. The maximum atomic E-state index is 12.2. The molecule has 0 aromatic heterocycles. The molecule has 3 nitrogen and oxygen atoms in total. The van der Waals surface area contributed by atoms with Gasteiger partial charge in [-0.2, -0.15) is 0 Å². The summed E-state index contributed by atoms with van der Waals surface area (Å²) < 4.78 is 0.